The molecule has 3 nitrogen and oxygen atoms in total. The van der Waals surface area contributed by atoms with Gasteiger partial charge in [0.1, 0.15) is 0 Å². The van der Waals surface area contributed by atoms with Crippen LogP contribution in [0.2, 0.25) is 0 Å². The SMILES string of the molecule is C=C1/C(=C/C(=O)OC)CC(OC)C[C@@H]1C. The van der Waals surface area contributed by atoms with E-state index in [0.29, 0.717) is 5.92 Å². The summed E-state index contributed by atoms with van der Waals surface area (Å²) in [5.74, 6) is 0.0368. The Morgan fingerprint density at radius 2 is 2.20 bits per heavy atom. The maximum absolute atomic E-state index is 11.1. The summed E-state index contributed by atoms with van der Waals surface area (Å²) in [6.45, 7) is 6.10. The van der Waals surface area contributed by atoms with Crippen LogP contribution in [-0.2, 0) is 14.3 Å². The van der Waals surface area contributed by atoms with Crippen molar-refractivity contribution in [1.82, 2.24) is 0 Å². The molecular formula is C12H18O3. The van der Waals surface area contributed by atoms with E-state index in [1.807, 2.05) is 0 Å². The van der Waals surface area contributed by atoms with Crippen molar-refractivity contribution in [3.63, 3.8) is 0 Å². The van der Waals surface area contributed by atoms with Gasteiger partial charge in [-0.05, 0) is 29.9 Å². The van der Waals surface area contributed by atoms with Gasteiger partial charge < -0.3 is 9.47 Å². The molecule has 1 saturated carbocycles. The summed E-state index contributed by atoms with van der Waals surface area (Å²) in [7, 11) is 3.07. The monoisotopic (exact) mass is 210 g/mol. The first-order valence-corrected chi connectivity index (χ1v) is 5.09. The zero-order valence-electron chi connectivity index (χ0n) is 9.58. The minimum Gasteiger partial charge on any atom is -0.466 e. The van der Waals surface area contributed by atoms with Crippen molar-refractivity contribution in [3.8, 4) is 0 Å². The van der Waals surface area contributed by atoms with Crippen LogP contribution in [-0.4, -0.2) is 26.3 Å². The van der Waals surface area contributed by atoms with Gasteiger partial charge in [-0.25, -0.2) is 4.79 Å². The predicted molar refractivity (Wildman–Crippen MR) is 58.4 cm³/mol. The van der Waals surface area contributed by atoms with Crippen molar-refractivity contribution >= 4 is 5.97 Å². The zero-order chi connectivity index (χ0) is 11.4. The summed E-state index contributed by atoms with van der Waals surface area (Å²) < 4.78 is 9.93. The van der Waals surface area contributed by atoms with Crippen LogP contribution in [0.25, 0.3) is 0 Å². The number of hydrogen-bond acceptors (Lipinski definition) is 3. The molecule has 0 saturated heterocycles. The second-order valence-electron chi connectivity index (χ2n) is 3.92. The lowest BCUT2D eigenvalue weighted by Crippen LogP contribution is -2.24. The van der Waals surface area contributed by atoms with Crippen LogP contribution in [0.5, 0.6) is 0 Å². The third kappa shape index (κ3) is 2.93. The maximum atomic E-state index is 11.1. The highest BCUT2D eigenvalue weighted by Crippen LogP contribution is 2.33. The number of carbonyl (C=O) groups is 1. The maximum Gasteiger partial charge on any atom is 0.330 e. The molecule has 0 amide bonds. The average Bonchev–Trinajstić information content (AvgIpc) is 2.24. The smallest absolute Gasteiger partial charge is 0.330 e. The van der Waals surface area contributed by atoms with Gasteiger partial charge in [0.2, 0.25) is 0 Å². The van der Waals surface area contributed by atoms with Crippen molar-refractivity contribution in [1.29, 1.82) is 0 Å². The molecule has 0 N–H and O–H groups in total. The van der Waals surface area contributed by atoms with Crippen molar-refractivity contribution in [2.24, 2.45) is 5.92 Å². The van der Waals surface area contributed by atoms with Crippen molar-refractivity contribution in [3.05, 3.63) is 23.8 Å². The third-order valence-electron chi connectivity index (χ3n) is 2.90. The van der Waals surface area contributed by atoms with Gasteiger partial charge in [-0.1, -0.05) is 13.5 Å². The third-order valence-corrected chi connectivity index (χ3v) is 2.90. The van der Waals surface area contributed by atoms with Crippen LogP contribution in [0.4, 0.5) is 0 Å². The predicted octanol–water partition coefficient (Wildman–Crippen LogP) is 2.09. The van der Waals surface area contributed by atoms with Crippen molar-refractivity contribution in [2.45, 2.75) is 25.9 Å². The highest BCUT2D eigenvalue weighted by atomic mass is 16.5. The minimum absolute atomic E-state index is 0.182. The van der Waals surface area contributed by atoms with Gasteiger partial charge in [-0.3, -0.25) is 0 Å². The summed E-state index contributed by atoms with van der Waals surface area (Å²) >= 11 is 0. The lowest BCUT2D eigenvalue weighted by atomic mass is 9.81. The van der Waals surface area contributed by atoms with E-state index in [0.717, 1.165) is 24.0 Å². The Morgan fingerprint density at radius 1 is 1.53 bits per heavy atom. The quantitative estimate of drug-likeness (QED) is 0.517. The lowest BCUT2D eigenvalue weighted by Gasteiger charge is -2.30. The minimum atomic E-state index is -0.324. The first kappa shape index (κ1) is 12.0. The molecule has 1 unspecified atom stereocenters. The van der Waals surface area contributed by atoms with Gasteiger partial charge in [0.15, 0.2) is 0 Å². The highest BCUT2D eigenvalue weighted by Gasteiger charge is 2.25. The number of carbonyl (C=O) groups excluding carboxylic acids is 1. The number of ether oxygens (including phenoxy) is 2. The van der Waals surface area contributed by atoms with E-state index in [1.165, 1.54) is 13.2 Å². The first-order valence-electron chi connectivity index (χ1n) is 5.09. The van der Waals surface area contributed by atoms with Crippen LogP contribution < -0.4 is 0 Å². The molecule has 0 aliphatic heterocycles. The molecule has 1 fully saturated rings. The van der Waals surface area contributed by atoms with Gasteiger partial charge in [0, 0.05) is 13.2 Å². The standard InChI is InChI=1S/C12H18O3/c1-8-5-11(14-3)6-10(9(8)2)7-12(13)15-4/h7-8,11H,2,5-6H2,1,3-4H3/b10-7+/t8-,11?/m0/s1. The molecule has 1 aliphatic carbocycles. The molecular weight excluding hydrogens is 192 g/mol. The van der Waals surface area contributed by atoms with E-state index in [2.05, 4.69) is 18.2 Å². The molecule has 15 heavy (non-hydrogen) atoms. The van der Waals surface area contributed by atoms with Gasteiger partial charge in [-0.15, -0.1) is 0 Å². The number of hydrogen-bond donors (Lipinski definition) is 0. The van der Waals surface area contributed by atoms with Gasteiger partial charge >= 0.3 is 5.97 Å². The molecule has 3 heteroatoms. The summed E-state index contributed by atoms with van der Waals surface area (Å²) in [6.07, 6.45) is 3.41. The molecule has 0 aromatic rings. The summed E-state index contributed by atoms with van der Waals surface area (Å²) in [5.41, 5.74) is 1.97. The van der Waals surface area contributed by atoms with E-state index in [9.17, 15) is 4.79 Å². The first-order chi connectivity index (χ1) is 7.08. The Hall–Kier alpha value is -1.09. The average molecular weight is 210 g/mol. The fourth-order valence-electron chi connectivity index (χ4n) is 1.85. The molecule has 84 valence electrons. The summed E-state index contributed by atoms with van der Waals surface area (Å²) in [4.78, 5) is 11.1. The number of esters is 1. The second kappa shape index (κ2) is 5.12. The second-order valence-corrected chi connectivity index (χ2v) is 3.92. The van der Waals surface area contributed by atoms with Crippen LogP contribution >= 0.6 is 0 Å². The molecule has 0 spiro atoms. The van der Waals surface area contributed by atoms with E-state index in [4.69, 9.17) is 4.74 Å². The number of methoxy groups -OCH3 is 2. The Labute approximate surface area is 90.8 Å². The Bertz CT molecular complexity index is 291. The van der Waals surface area contributed by atoms with Crippen molar-refractivity contribution < 1.29 is 14.3 Å². The lowest BCUT2D eigenvalue weighted by molar-refractivity contribution is -0.134. The Morgan fingerprint density at radius 3 is 2.73 bits per heavy atom. The molecule has 1 rings (SSSR count). The topological polar surface area (TPSA) is 35.5 Å². The molecule has 2 atom stereocenters. The molecule has 0 heterocycles. The fraction of sp³-hybridized carbons (Fsp3) is 0.583. The van der Waals surface area contributed by atoms with Crippen LogP contribution in [0.1, 0.15) is 19.8 Å². The Kier molecular flexibility index (Phi) is 4.09. The van der Waals surface area contributed by atoms with E-state index >= 15 is 0 Å². The van der Waals surface area contributed by atoms with Crippen LogP contribution in [0.15, 0.2) is 23.8 Å². The van der Waals surface area contributed by atoms with Crippen molar-refractivity contribution in [2.75, 3.05) is 14.2 Å². The summed E-state index contributed by atoms with van der Waals surface area (Å²) in [6, 6.07) is 0. The highest BCUT2D eigenvalue weighted by molar-refractivity contribution is 5.83. The van der Waals surface area contributed by atoms with E-state index in [1.54, 1.807) is 7.11 Å². The molecule has 0 aromatic heterocycles. The number of rotatable bonds is 2. The molecule has 0 bridgehead atoms. The van der Waals surface area contributed by atoms with Gasteiger partial charge in [0.25, 0.3) is 0 Å². The van der Waals surface area contributed by atoms with Crippen LogP contribution in [0.3, 0.4) is 0 Å². The number of allylic oxidation sites excluding steroid dienone is 1. The normalized spacial score (nSPS) is 29.3. The zero-order valence-corrected chi connectivity index (χ0v) is 9.58. The Balaban J connectivity index is 2.81. The molecule has 1 aliphatic rings. The van der Waals surface area contributed by atoms with Crippen LogP contribution in [0, 0.1) is 5.92 Å². The molecule has 0 radical (unpaired) electrons. The summed E-state index contributed by atoms with van der Waals surface area (Å²) in [5, 5.41) is 0. The largest absolute Gasteiger partial charge is 0.466 e. The molecule has 0 aromatic carbocycles. The fourth-order valence-corrected chi connectivity index (χ4v) is 1.85. The van der Waals surface area contributed by atoms with Gasteiger partial charge in [-0.2, -0.15) is 0 Å². The van der Waals surface area contributed by atoms with E-state index in [-0.39, 0.29) is 12.1 Å². The van der Waals surface area contributed by atoms with Gasteiger partial charge in [0.05, 0.1) is 13.2 Å². The van der Waals surface area contributed by atoms with E-state index < -0.39 is 0 Å².